The van der Waals surface area contributed by atoms with E-state index in [0.717, 1.165) is 5.56 Å². The summed E-state index contributed by atoms with van der Waals surface area (Å²) in [5.41, 5.74) is 0.753. The van der Waals surface area contributed by atoms with Crippen molar-refractivity contribution >= 4 is 35.3 Å². The summed E-state index contributed by atoms with van der Waals surface area (Å²) in [6.45, 7) is 0.198. The molecule has 0 aliphatic heterocycles. The van der Waals surface area contributed by atoms with Gasteiger partial charge in [0.1, 0.15) is 5.76 Å². The number of carbonyl (C=O) groups is 2. The molecule has 140 valence electrons. The third-order valence-corrected chi connectivity index (χ3v) is 4.89. The third-order valence-electron chi connectivity index (χ3n) is 3.54. The van der Waals surface area contributed by atoms with Crippen molar-refractivity contribution in [3.63, 3.8) is 0 Å². The summed E-state index contributed by atoms with van der Waals surface area (Å²) in [5, 5.41) is 14.1. The first kappa shape index (κ1) is 19.0. The number of amides is 3. The van der Waals surface area contributed by atoms with Gasteiger partial charge in [0.15, 0.2) is 11.0 Å². The molecule has 0 spiro atoms. The molecule has 8 nitrogen and oxygen atoms in total. The van der Waals surface area contributed by atoms with Crippen molar-refractivity contribution in [3.8, 4) is 11.4 Å². The highest BCUT2D eigenvalue weighted by Gasteiger charge is 2.15. The Morgan fingerprint density at radius 2 is 2.04 bits per heavy atom. The fourth-order valence-electron chi connectivity index (χ4n) is 2.24. The summed E-state index contributed by atoms with van der Waals surface area (Å²) in [4.78, 5) is 23.6. The van der Waals surface area contributed by atoms with Gasteiger partial charge in [0, 0.05) is 12.6 Å². The monoisotopic (exact) mass is 405 g/mol. The van der Waals surface area contributed by atoms with Crippen LogP contribution in [0.4, 0.5) is 4.79 Å². The van der Waals surface area contributed by atoms with Crippen LogP contribution in [-0.2, 0) is 18.4 Å². The number of rotatable bonds is 6. The number of carbonyl (C=O) groups excluding carboxylic acids is 2. The first-order valence-corrected chi connectivity index (χ1v) is 9.28. The summed E-state index contributed by atoms with van der Waals surface area (Å²) < 4.78 is 6.84. The number of thioether (sulfide) groups is 1. The lowest BCUT2D eigenvalue weighted by Crippen LogP contribution is -2.39. The highest BCUT2D eigenvalue weighted by molar-refractivity contribution is 7.99. The number of halogens is 1. The van der Waals surface area contributed by atoms with Crippen LogP contribution in [0.3, 0.4) is 0 Å². The number of urea groups is 1. The number of aromatic nitrogens is 3. The normalized spacial score (nSPS) is 10.6. The van der Waals surface area contributed by atoms with Gasteiger partial charge in [-0.25, -0.2) is 4.79 Å². The van der Waals surface area contributed by atoms with Crippen molar-refractivity contribution in [1.29, 1.82) is 0 Å². The number of hydrogen-bond acceptors (Lipinski definition) is 6. The minimum atomic E-state index is -0.591. The minimum Gasteiger partial charge on any atom is -0.467 e. The Labute approximate surface area is 164 Å². The van der Waals surface area contributed by atoms with Crippen LogP contribution in [0, 0.1) is 0 Å². The standard InChI is InChI=1S/C17H16ClN5O3S/c1-23-15(12-6-2-3-7-13(12)18)21-22-17(23)27-10-14(24)20-16(25)19-9-11-5-4-8-26-11/h2-8H,9-10H2,1H3,(H2,19,20,24,25). The van der Waals surface area contributed by atoms with Crippen molar-refractivity contribution in [3.05, 3.63) is 53.4 Å². The molecule has 1 aromatic carbocycles. The predicted molar refractivity (Wildman–Crippen MR) is 101 cm³/mol. The molecule has 3 amide bonds. The van der Waals surface area contributed by atoms with E-state index in [-0.39, 0.29) is 12.3 Å². The van der Waals surface area contributed by atoms with Gasteiger partial charge in [-0.3, -0.25) is 10.1 Å². The number of nitrogens with zero attached hydrogens (tertiary/aromatic N) is 3. The molecule has 0 aliphatic rings. The van der Waals surface area contributed by atoms with Crippen LogP contribution in [0.5, 0.6) is 0 Å². The third kappa shape index (κ3) is 4.89. The maximum Gasteiger partial charge on any atom is 0.321 e. The number of benzene rings is 1. The van der Waals surface area contributed by atoms with Gasteiger partial charge in [0.2, 0.25) is 5.91 Å². The van der Waals surface area contributed by atoms with Gasteiger partial charge < -0.3 is 14.3 Å². The molecular weight excluding hydrogens is 390 g/mol. The molecular formula is C17H16ClN5O3S. The second-order valence-electron chi connectivity index (χ2n) is 5.44. The van der Waals surface area contributed by atoms with E-state index >= 15 is 0 Å². The molecule has 0 unspecified atom stereocenters. The molecule has 0 saturated carbocycles. The molecule has 2 heterocycles. The predicted octanol–water partition coefficient (Wildman–Crippen LogP) is 2.85. The molecule has 0 bridgehead atoms. The Morgan fingerprint density at radius 1 is 1.22 bits per heavy atom. The highest BCUT2D eigenvalue weighted by atomic mass is 35.5. The summed E-state index contributed by atoms with van der Waals surface area (Å²) >= 11 is 7.36. The fourth-order valence-corrected chi connectivity index (χ4v) is 3.17. The van der Waals surface area contributed by atoms with E-state index in [1.807, 2.05) is 18.2 Å². The van der Waals surface area contributed by atoms with Crippen LogP contribution < -0.4 is 10.6 Å². The lowest BCUT2D eigenvalue weighted by Gasteiger charge is -2.06. The number of imide groups is 1. The first-order valence-electron chi connectivity index (χ1n) is 7.91. The summed E-state index contributed by atoms with van der Waals surface area (Å²) in [6.07, 6.45) is 1.51. The molecule has 0 radical (unpaired) electrons. The van der Waals surface area contributed by atoms with E-state index in [1.54, 1.807) is 29.8 Å². The van der Waals surface area contributed by atoms with Crippen LogP contribution in [0.1, 0.15) is 5.76 Å². The number of furan rings is 1. The lowest BCUT2D eigenvalue weighted by molar-refractivity contribution is -0.117. The summed E-state index contributed by atoms with van der Waals surface area (Å²) in [7, 11) is 1.79. The topological polar surface area (TPSA) is 102 Å². The number of hydrogen-bond donors (Lipinski definition) is 2. The number of nitrogens with one attached hydrogen (secondary N) is 2. The van der Waals surface area contributed by atoms with Crippen LogP contribution in [0.15, 0.2) is 52.2 Å². The fraction of sp³-hybridized carbons (Fsp3) is 0.176. The molecule has 3 aromatic rings. The SMILES string of the molecule is Cn1c(SCC(=O)NC(=O)NCc2ccco2)nnc1-c1ccccc1Cl. The van der Waals surface area contributed by atoms with Crippen molar-refractivity contribution < 1.29 is 14.0 Å². The van der Waals surface area contributed by atoms with Crippen LogP contribution in [0.25, 0.3) is 11.4 Å². The molecule has 27 heavy (non-hydrogen) atoms. The van der Waals surface area contributed by atoms with Gasteiger partial charge in [-0.05, 0) is 24.3 Å². The Kier molecular flexibility index (Phi) is 6.15. The highest BCUT2D eigenvalue weighted by Crippen LogP contribution is 2.28. The van der Waals surface area contributed by atoms with Gasteiger partial charge >= 0.3 is 6.03 Å². The molecule has 0 fully saturated rings. The van der Waals surface area contributed by atoms with Crippen molar-refractivity contribution in [2.24, 2.45) is 7.05 Å². The molecule has 0 saturated heterocycles. The van der Waals surface area contributed by atoms with Crippen LogP contribution >= 0.6 is 23.4 Å². The summed E-state index contributed by atoms with van der Waals surface area (Å²) in [5.74, 6) is 0.764. The average molecular weight is 406 g/mol. The van der Waals surface area contributed by atoms with Crippen LogP contribution in [-0.4, -0.2) is 32.5 Å². The maximum absolute atomic E-state index is 11.9. The average Bonchev–Trinajstić information content (AvgIpc) is 3.29. The minimum absolute atomic E-state index is 0.0165. The Balaban J connectivity index is 1.52. The summed E-state index contributed by atoms with van der Waals surface area (Å²) in [6, 6.07) is 10.2. The second kappa shape index (κ2) is 8.74. The van der Waals surface area contributed by atoms with Gasteiger partial charge in [-0.2, -0.15) is 0 Å². The van der Waals surface area contributed by atoms with Crippen molar-refractivity contribution in [1.82, 2.24) is 25.4 Å². The van der Waals surface area contributed by atoms with Crippen molar-refractivity contribution in [2.75, 3.05) is 5.75 Å². The zero-order valence-electron chi connectivity index (χ0n) is 14.3. The Hall–Kier alpha value is -2.78. The molecule has 0 aliphatic carbocycles. The molecule has 3 rings (SSSR count). The zero-order valence-corrected chi connectivity index (χ0v) is 15.9. The molecule has 2 N–H and O–H groups in total. The van der Waals surface area contributed by atoms with E-state index in [9.17, 15) is 9.59 Å². The van der Waals surface area contributed by atoms with Gasteiger partial charge in [-0.15, -0.1) is 10.2 Å². The smallest absolute Gasteiger partial charge is 0.321 e. The van der Waals surface area contributed by atoms with Gasteiger partial charge in [0.25, 0.3) is 0 Å². The molecule has 10 heteroatoms. The quantitative estimate of drug-likeness (QED) is 0.611. The lowest BCUT2D eigenvalue weighted by atomic mass is 10.2. The van der Waals surface area contributed by atoms with E-state index in [4.69, 9.17) is 16.0 Å². The van der Waals surface area contributed by atoms with Gasteiger partial charge in [-0.1, -0.05) is 35.5 Å². The molecule has 2 aromatic heterocycles. The maximum atomic E-state index is 11.9. The first-order chi connectivity index (χ1) is 13.0. The zero-order chi connectivity index (χ0) is 19.2. The van der Waals surface area contributed by atoms with Gasteiger partial charge in [0.05, 0.1) is 23.6 Å². The Morgan fingerprint density at radius 3 is 2.78 bits per heavy atom. The van der Waals surface area contributed by atoms with E-state index in [1.165, 1.54) is 18.0 Å². The van der Waals surface area contributed by atoms with Crippen LogP contribution in [0.2, 0.25) is 5.02 Å². The molecule has 0 atom stereocenters. The van der Waals surface area contributed by atoms with Crippen molar-refractivity contribution in [2.45, 2.75) is 11.7 Å². The van der Waals surface area contributed by atoms with E-state index in [0.29, 0.717) is 21.8 Å². The van der Waals surface area contributed by atoms with E-state index in [2.05, 4.69) is 20.8 Å². The largest absolute Gasteiger partial charge is 0.467 e. The van der Waals surface area contributed by atoms with E-state index < -0.39 is 11.9 Å². The second-order valence-corrected chi connectivity index (χ2v) is 6.79. The Bertz CT molecular complexity index is 942.